The Balaban J connectivity index is 1.92. The van der Waals surface area contributed by atoms with E-state index in [1.807, 2.05) is 30.3 Å². The zero-order valence-electron chi connectivity index (χ0n) is 17.6. The minimum absolute atomic E-state index is 0.0664. The van der Waals surface area contributed by atoms with Gasteiger partial charge in [-0.3, -0.25) is 25.5 Å². The van der Waals surface area contributed by atoms with Crippen LogP contribution in [-0.4, -0.2) is 50.5 Å². The van der Waals surface area contributed by atoms with Crippen molar-refractivity contribution in [2.24, 2.45) is 15.7 Å². The summed E-state index contributed by atoms with van der Waals surface area (Å²) in [5.74, 6) is 0.646. The summed E-state index contributed by atoms with van der Waals surface area (Å²) in [5.41, 5.74) is 6.96. The Kier molecular flexibility index (Phi) is 5.44. The van der Waals surface area contributed by atoms with E-state index in [0.717, 1.165) is 11.6 Å². The predicted molar refractivity (Wildman–Crippen MR) is 121 cm³/mol. The highest BCUT2D eigenvalue weighted by molar-refractivity contribution is 5.99. The molecule has 3 aromatic rings. The molecule has 2 heterocycles. The van der Waals surface area contributed by atoms with Gasteiger partial charge in [0.05, 0.1) is 15.9 Å². The number of hydrogen-bond donors (Lipinski definition) is 2. The van der Waals surface area contributed by atoms with Gasteiger partial charge in [-0.1, -0.05) is 30.3 Å². The van der Waals surface area contributed by atoms with E-state index in [1.165, 1.54) is 16.8 Å². The third-order valence-corrected chi connectivity index (χ3v) is 4.85. The van der Waals surface area contributed by atoms with E-state index in [0.29, 0.717) is 17.2 Å². The van der Waals surface area contributed by atoms with E-state index >= 15 is 0 Å². The number of benzene rings is 2. The van der Waals surface area contributed by atoms with Crippen LogP contribution in [0.25, 0.3) is 16.9 Å². The topological polar surface area (TPSA) is 170 Å². The third-order valence-electron chi connectivity index (χ3n) is 4.85. The molecule has 13 nitrogen and oxygen atoms in total. The first-order valence-electron chi connectivity index (χ1n) is 9.68. The Morgan fingerprint density at radius 3 is 2.42 bits per heavy atom. The number of non-ortho nitro benzene ring substituents is 1. The lowest BCUT2D eigenvalue weighted by Gasteiger charge is -2.23. The van der Waals surface area contributed by atoms with Gasteiger partial charge in [-0.2, -0.15) is 5.10 Å². The normalized spacial score (nSPS) is 15.3. The van der Waals surface area contributed by atoms with E-state index in [4.69, 9.17) is 5.73 Å². The highest BCUT2D eigenvalue weighted by atomic mass is 16.6. The molecule has 1 aromatic heterocycles. The summed E-state index contributed by atoms with van der Waals surface area (Å²) in [6.45, 7) is 0. The molecule has 0 spiro atoms. The first kappa shape index (κ1) is 21.4. The molecule has 33 heavy (non-hydrogen) atoms. The molecule has 0 fully saturated rings. The van der Waals surface area contributed by atoms with Crippen LogP contribution in [0.4, 0.5) is 11.4 Å². The van der Waals surface area contributed by atoms with Crippen molar-refractivity contribution in [1.82, 2.24) is 20.0 Å². The van der Waals surface area contributed by atoms with Gasteiger partial charge in [0.25, 0.3) is 5.69 Å². The number of nitrogens with one attached hydrogen (secondary N) is 1. The van der Waals surface area contributed by atoms with Crippen LogP contribution in [0.2, 0.25) is 0 Å². The average molecular weight is 449 g/mol. The number of guanidine groups is 2. The van der Waals surface area contributed by atoms with Crippen LogP contribution in [0.15, 0.2) is 64.7 Å². The Morgan fingerprint density at radius 1 is 1.06 bits per heavy atom. The number of aliphatic imine (C=N–C) groups is 2. The molecule has 1 aliphatic rings. The van der Waals surface area contributed by atoms with Gasteiger partial charge in [0.2, 0.25) is 5.96 Å². The smallest absolute Gasteiger partial charge is 0.301 e. The largest absolute Gasteiger partial charge is 0.370 e. The van der Waals surface area contributed by atoms with Gasteiger partial charge in [0.15, 0.2) is 12.1 Å². The molecule has 168 valence electrons. The van der Waals surface area contributed by atoms with Crippen molar-refractivity contribution in [3.63, 3.8) is 0 Å². The number of aromatic nitrogens is 2. The lowest BCUT2D eigenvalue weighted by atomic mass is 10.1. The molecule has 0 amide bonds. The maximum absolute atomic E-state index is 11.7. The molecule has 2 aromatic carbocycles. The SMILES string of the molecule is CN(C)C1=NC(c2cn(-c3ccc([N+](=O)[O-])cc3[N+](=O)[O-])nc2-c2ccccc2)N=C(N)N1. The van der Waals surface area contributed by atoms with Crippen molar-refractivity contribution in [2.45, 2.75) is 6.17 Å². The highest BCUT2D eigenvalue weighted by Crippen LogP contribution is 2.34. The number of rotatable bonds is 5. The van der Waals surface area contributed by atoms with E-state index in [-0.39, 0.29) is 11.6 Å². The van der Waals surface area contributed by atoms with Crippen LogP contribution < -0.4 is 11.1 Å². The van der Waals surface area contributed by atoms with Gasteiger partial charge < -0.3 is 10.6 Å². The Labute approximate surface area is 187 Å². The second-order valence-electron chi connectivity index (χ2n) is 7.29. The number of nitrogens with two attached hydrogens (primary N) is 1. The minimum Gasteiger partial charge on any atom is -0.370 e. The average Bonchev–Trinajstić information content (AvgIpc) is 3.24. The lowest BCUT2D eigenvalue weighted by molar-refractivity contribution is -0.394. The summed E-state index contributed by atoms with van der Waals surface area (Å²) in [6.07, 6.45) is 0.810. The van der Waals surface area contributed by atoms with Crippen molar-refractivity contribution in [3.8, 4) is 16.9 Å². The van der Waals surface area contributed by atoms with Crippen LogP contribution in [0.1, 0.15) is 11.7 Å². The van der Waals surface area contributed by atoms with Gasteiger partial charge in [-0.25, -0.2) is 14.7 Å². The van der Waals surface area contributed by atoms with Crippen LogP contribution in [0.3, 0.4) is 0 Å². The van der Waals surface area contributed by atoms with Gasteiger partial charge in [0, 0.05) is 37.5 Å². The lowest BCUT2D eigenvalue weighted by Crippen LogP contribution is -2.46. The zero-order valence-corrected chi connectivity index (χ0v) is 17.6. The molecule has 1 aliphatic heterocycles. The second-order valence-corrected chi connectivity index (χ2v) is 7.29. The zero-order chi connectivity index (χ0) is 23.7. The van der Waals surface area contributed by atoms with E-state index in [9.17, 15) is 20.2 Å². The minimum atomic E-state index is -0.760. The molecular weight excluding hydrogens is 430 g/mol. The summed E-state index contributed by atoms with van der Waals surface area (Å²) in [5, 5.41) is 30.2. The molecule has 3 N–H and O–H groups in total. The molecule has 0 saturated heterocycles. The van der Waals surface area contributed by atoms with Crippen LogP contribution in [-0.2, 0) is 0 Å². The van der Waals surface area contributed by atoms with Gasteiger partial charge >= 0.3 is 5.69 Å². The first-order valence-corrected chi connectivity index (χ1v) is 9.68. The van der Waals surface area contributed by atoms with Crippen molar-refractivity contribution >= 4 is 23.3 Å². The third kappa shape index (κ3) is 4.19. The van der Waals surface area contributed by atoms with Crippen molar-refractivity contribution in [2.75, 3.05) is 14.1 Å². The van der Waals surface area contributed by atoms with Crippen LogP contribution >= 0.6 is 0 Å². The second kappa shape index (κ2) is 8.37. The highest BCUT2D eigenvalue weighted by Gasteiger charge is 2.27. The Bertz CT molecular complexity index is 1300. The maximum atomic E-state index is 11.7. The van der Waals surface area contributed by atoms with Crippen molar-refractivity contribution in [1.29, 1.82) is 0 Å². The standard InChI is InChI=1S/C20H19N9O4/c1-26(2)20-23-18(22-19(21)24-20)14-11-27(25-17(14)12-6-4-3-5-7-12)15-9-8-13(28(30)31)10-16(15)29(32)33/h3-11,18H,1-2H3,(H3,21,22,23,24). The monoisotopic (exact) mass is 449 g/mol. The number of nitro benzene ring substituents is 2. The number of nitrogens with zero attached hydrogens (tertiary/aromatic N) is 7. The first-order chi connectivity index (χ1) is 15.7. The summed E-state index contributed by atoms with van der Waals surface area (Å²) < 4.78 is 1.30. The van der Waals surface area contributed by atoms with E-state index in [2.05, 4.69) is 20.4 Å². The molecule has 0 bridgehead atoms. The molecule has 13 heteroatoms. The Hall–Kier alpha value is -4.81. The van der Waals surface area contributed by atoms with Crippen LogP contribution in [0.5, 0.6) is 0 Å². The summed E-state index contributed by atoms with van der Waals surface area (Å²) in [6, 6.07) is 12.6. The summed E-state index contributed by atoms with van der Waals surface area (Å²) >= 11 is 0. The number of nitro groups is 2. The maximum Gasteiger partial charge on any atom is 0.301 e. The molecule has 0 saturated carbocycles. The van der Waals surface area contributed by atoms with Crippen LogP contribution in [0, 0.1) is 20.2 Å². The summed E-state index contributed by atoms with van der Waals surface area (Å²) in [7, 11) is 3.59. The van der Waals surface area contributed by atoms with Crippen molar-refractivity contribution < 1.29 is 9.85 Å². The number of hydrogen-bond acceptors (Lipinski definition) is 10. The fraction of sp³-hybridized carbons (Fsp3) is 0.150. The van der Waals surface area contributed by atoms with Gasteiger partial charge in [-0.05, 0) is 6.07 Å². The molecule has 1 unspecified atom stereocenters. The van der Waals surface area contributed by atoms with Crippen molar-refractivity contribution in [3.05, 3.63) is 80.5 Å². The van der Waals surface area contributed by atoms with Gasteiger partial charge in [-0.15, -0.1) is 0 Å². The molecule has 0 aliphatic carbocycles. The molecule has 0 radical (unpaired) electrons. The summed E-state index contributed by atoms with van der Waals surface area (Å²) in [4.78, 5) is 32.1. The molecule has 4 rings (SSSR count). The molecule has 1 atom stereocenters. The fourth-order valence-electron chi connectivity index (χ4n) is 3.31. The van der Waals surface area contributed by atoms with E-state index in [1.54, 1.807) is 25.2 Å². The molecular formula is C20H19N9O4. The fourth-order valence-corrected chi connectivity index (χ4v) is 3.31. The Morgan fingerprint density at radius 2 is 1.79 bits per heavy atom. The predicted octanol–water partition coefficient (Wildman–Crippen LogP) is 2.19. The van der Waals surface area contributed by atoms with E-state index < -0.39 is 27.4 Å². The quantitative estimate of drug-likeness (QED) is 0.441. The van der Waals surface area contributed by atoms with Gasteiger partial charge in [0.1, 0.15) is 11.4 Å².